The second-order valence-electron chi connectivity index (χ2n) is 5.77. The highest BCUT2D eigenvalue weighted by Crippen LogP contribution is 2.16. The molecular formula is C18H21N3O2S. The number of para-hydroxylation sites is 2. The van der Waals surface area contributed by atoms with Crippen LogP contribution in [0.25, 0.3) is 11.0 Å². The van der Waals surface area contributed by atoms with E-state index in [1.165, 1.54) is 0 Å². The predicted molar refractivity (Wildman–Crippen MR) is 96.0 cm³/mol. The molecule has 24 heavy (non-hydrogen) atoms. The van der Waals surface area contributed by atoms with Crippen molar-refractivity contribution in [1.82, 2.24) is 14.3 Å². The van der Waals surface area contributed by atoms with Crippen LogP contribution in [0.2, 0.25) is 0 Å². The van der Waals surface area contributed by atoms with Crippen molar-refractivity contribution in [2.24, 2.45) is 0 Å². The first-order valence-corrected chi connectivity index (χ1v) is 9.61. The number of hydrogen-bond donors (Lipinski definition) is 1. The van der Waals surface area contributed by atoms with Gasteiger partial charge in [0.1, 0.15) is 5.82 Å². The van der Waals surface area contributed by atoms with Gasteiger partial charge in [-0.25, -0.2) is 18.1 Å². The zero-order valence-electron chi connectivity index (χ0n) is 13.9. The Hall–Kier alpha value is -2.18. The fourth-order valence-electron chi connectivity index (χ4n) is 2.82. The van der Waals surface area contributed by atoms with Crippen molar-refractivity contribution < 1.29 is 8.42 Å². The van der Waals surface area contributed by atoms with Gasteiger partial charge in [0.05, 0.1) is 23.3 Å². The fourth-order valence-corrected chi connectivity index (χ4v) is 4.00. The zero-order chi connectivity index (χ0) is 17.2. The number of aromatic nitrogens is 2. The molecule has 0 aliphatic carbocycles. The van der Waals surface area contributed by atoms with Crippen LogP contribution in [0.3, 0.4) is 0 Å². The Bertz CT molecular complexity index is 961. The Morgan fingerprint density at radius 1 is 1.08 bits per heavy atom. The lowest BCUT2D eigenvalue weighted by atomic mass is 10.1. The molecule has 126 valence electrons. The molecule has 5 nitrogen and oxygen atoms in total. The van der Waals surface area contributed by atoms with Gasteiger partial charge in [-0.1, -0.05) is 36.4 Å². The van der Waals surface area contributed by atoms with Gasteiger partial charge in [0.2, 0.25) is 10.0 Å². The van der Waals surface area contributed by atoms with E-state index in [1.807, 2.05) is 66.9 Å². The third-order valence-electron chi connectivity index (χ3n) is 4.11. The number of rotatable bonds is 6. The smallest absolute Gasteiger partial charge is 0.216 e. The van der Waals surface area contributed by atoms with Crippen LogP contribution in [-0.2, 0) is 28.9 Å². The Balaban J connectivity index is 1.79. The Labute approximate surface area is 142 Å². The molecule has 0 unspecified atom stereocenters. The highest BCUT2D eigenvalue weighted by Gasteiger charge is 2.15. The average molecular weight is 343 g/mol. The molecule has 0 fully saturated rings. The first kappa shape index (κ1) is 16.7. The molecule has 0 amide bonds. The Morgan fingerprint density at radius 2 is 1.79 bits per heavy atom. The third-order valence-corrected chi connectivity index (χ3v) is 5.38. The van der Waals surface area contributed by atoms with Crippen LogP contribution in [0, 0.1) is 6.92 Å². The topological polar surface area (TPSA) is 64.0 Å². The summed E-state index contributed by atoms with van der Waals surface area (Å²) in [6.07, 6.45) is 0. The number of nitrogens with zero attached hydrogens (tertiary/aromatic N) is 2. The first-order chi connectivity index (χ1) is 11.5. The SMILES string of the molecule is CCn1c(CNS(=O)(=O)Cc2ccccc2C)nc2ccccc21. The largest absolute Gasteiger partial charge is 0.327 e. The summed E-state index contributed by atoms with van der Waals surface area (Å²) in [5, 5.41) is 0. The van der Waals surface area contributed by atoms with E-state index in [-0.39, 0.29) is 12.3 Å². The number of aryl methyl sites for hydroxylation is 2. The lowest BCUT2D eigenvalue weighted by molar-refractivity contribution is 0.575. The molecule has 0 aliphatic heterocycles. The summed E-state index contributed by atoms with van der Waals surface area (Å²) < 4.78 is 29.5. The number of nitrogens with one attached hydrogen (secondary N) is 1. The molecule has 1 heterocycles. The van der Waals surface area contributed by atoms with Crippen molar-refractivity contribution in [2.75, 3.05) is 0 Å². The van der Waals surface area contributed by atoms with E-state index in [0.29, 0.717) is 0 Å². The van der Waals surface area contributed by atoms with Crippen LogP contribution in [0.5, 0.6) is 0 Å². The molecule has 0 radical (unpaired) electrons. The van der Waals surface area contributed by atoms with Gasteiger partial charge >= 0.3 is 0 Å². The second-order valence-corrected chi connectivity index (χ2v) is 7.57. The maximum Gasteiger partial charge on any atom is 0.216 e. The highest BCUT2D eigenvalue weighted by atomic mass is 32.2. The fraction of sp³-hybridized carbons (Fsp3) is 0.278. The van der Waals surface area contributed by atoms with E-state index in [1.54, 1.807) is 0 Å². The van der Waals surface area contributed by atoms with E-state index in [0.717, 1.165) is 34.5 Å². The van der Waals surface area contributed by atoms with Crippen LogP contribution >= 0.6 is 0 Å². The summed E-state index contributed by atoms with van der Waals surface area (Å²) in [7, 11) is -3.42. The zero-order valence-corrected chi connectivity index (χ0v) is 14.7. The number of benzene rings is 2. The maximum atomic E-state index is 12.4. The summed E-state index contributed by atoms with van der Waals surface area (Å²) in [6.45, 7) is 4.88. The van der Waals surface area contributed by atoms with Gasteiger partial charge in [0.15, 0.2) is 0 Å². The summed E-state index contributed by atoms with van der Waals surface area (Å²) in [4.78, 5) is 4.55. The molecule has 0 bridgehead atoms. The van der Waals surface area contributed by atoms with Crippen LogP contribution < -0.4 is 4.72 Å². The highest BCUT2D eigenvalue weighted by molar-refractivity contribution is 7.88. The molecule has 1 N–H and O–H groups in total. The van der Waals surface area contributed by atoms with Gasteiger partial charge < -0.3 is 4.57 Å². The van der Waals surface area contributed by atoms with Crippen LogP contribution in [-0.4, -0.2) is 18.0 Å². The third kappa shape index (κ3) is 3.49. The minimum absolute atomic E-state index is 0.0218. The summed E-state index contributed by atoms with van der Waals surface area (Å²) >= 11 is 0. The normalized spacial score (nSPS) is 11.9. The van der Waals surface area contributed by atoms with E-state index < -0.39 is 10.0 Å². The minimum Gasteiger partial charge on any atom is -0.327 e. The van der Waals surface area contributed by atoms with Crippen molar-refractivity contribution >= 4 is 21.1 Å². The molecule has 0 aliphatic rings. The van der Waals surface area contributed by atoms with Gasteiger partial charge in [0.25, 0.3) is 0 Å². The lowest BCUT2D eigenvalue weighted by Gasteiger charge is -2.10. The van der Waals surface area contributed by atoms with Crippen molar-refractivity contribution in [3.8, 4) is 0 Å². The van der Waals surface area contributed by atoms with Gasteiger partial charge in [-0.05, 0) is 37.1 Å². The quantitative estimate of drug-likeness (QED) is 0.748. The second kappa shape index (κ2) is 6.75. The minimum atomic E-state index is -3.42. The molecule has 0 saturated heterocycles. The van der Waals surface area contributed by atoms with Crippen molar-refractivity contribution in [2.45, 2.75) is 32.7 Å². The standard InChI is InChI=1S/C18H21N3O2S/c1-3-21-17-11-7-6-10-16(17)20-18(21)12-19-24(22,23)13-15-9-5-4-8-14(15)2/h4-11,19H,3,12-13H2,1-2H3. The molecule has 0 atom stereocenters. The first-order valence-electron chi connectivity index (χ1n) is 7.96. The van der Waals surface area contributed by atoms with E-state index in [9.17, 15) is 8.42 Å². The van der Waals surface area contributed by atoms with Crippen LogP contribution in [0.1, 0.15) is 23.9 Å². The number of fused-ring (bicyclic) bond motifs is 1. The number of imidazole rings is 1. The molecule has 3 aromatic rings. The predicted octanol–water partition coefficient (Wildman–Crippen LogP) is 2.98. The molecule has 1 aromatic heterocycles. The van der Waals surface area contributed by atoms with E-state index in [2.05, 4.69) is 9.71 Å². The van der Waals surface area contributed by atoms with Gasteiger partial charge in [0, 0.05) is 6.54 Å². The summed E-state index contributed by atoms with van der Waals surface area (Å²) in [5.41, 5.74) is 3.69. The lowest BCUT2D eigenvalue weighted by Crippen LogP contribution is -2.26. The monoisotopic (exact) mass is 343 g/mol. The average Bonchev–Trinajstić information content (AvgIpc) is 2.93. The van der Waals surface area contributed by atoms with Crippen molar-refractivity contribution in [1.29, 1.82) is 0 Å². The molecule has 3 rings (SSSR count). The molecule has 0 saturated carbocycles. The van der Waals surface area contributed by atoms with Gasteiger partial charge in [-0.2, -0.15) is 0 Å². The van der Waals surface area contributed by atoms with Crippen molar-refractivity contribution in [3.05, 3.63) is 65.5 Å². The maximum absolute atomic E-state index is 12.4. The molecule has 2 aromatic carbocycles. The van der Waals surface area contributed by atoms with Crippen LogP contribution in [0.4, 0.5) is 0 Å². The van der Waals surface area contributed by atoms with Gasteiger partial charge in [-0.3, -0.25) is 0 Å². The Kier molecular flexibility index (Phi) is 4.69. The molecule has 6 heteroatoms. The van der Waals surface area contributed by atoms with Gasteiger partial charge in [-0.15, -0.1) is 0 Å². The number of sulfonamides is 1. The number of hydrogen-bond acceptors (Lipinski definition) is 3. The molecule has 0 spiro atoms. The van der Waals surface area contributed by atoms with Crippen LogP contribution in [0.15, 0.2) is 48.5 Å². The van der Waals surface area contributed by atoms with Crippen molar-refractivity contribution in [3.63, 3.8) is 0 Å². The summed E-state index contributed by atoms with van der Waals surface area (Å²) in [5.74, 6) is 0.707. The van der Waals surface area contributed by atoms with E-state index >= 15 is 0 Å². The Morgan fingerprint density at radius 3 is 2.54 bits per heavy atom. The van der Waals surface area contributed by atoms with E-state index in [4.69, 9.17) is 0 Å². The summed E-state index contributed by atoms with van der Waals surface area (Å²) in [6, 6.07) is 15.3. The molecular weight excluding hydrogens is 322 g/mol.